The van der Waals surface area contributed by atoms with Gasteiger partial charge in [-0.2, -0.15) is 4.68 Å². The number of benzene rings is 2. The van der Waals surface area contributed by atoms with Crippen LogP contribution in [-0.2, 0) is 16.1 Å². The second-order valence-corrected chi connectivity index (χ2v) is 9.18. The number of hydrogen-bond donors (Lipinski definition) is 1. The molecule has 1 aromatic heterocycles. The van der Waals surface area contributed by atoms with Crippen LogP contribution >= 0.6 is 27.5 Å². The number of aromatic nitrogens is 4. The average Bonchev–Trinajstić information content (AvgIpc) is 3.31. The minimum atomic E-state index is -0.627. The first-order chi connectivity index (χ1) is 16.9. The third-order valence-corrected chi connectivity index (χ3v) is 6.52. The Bertz CT molecular complexity index is 1260. The summed E-state index contributed by atoms with van der Waals surface area (Å²) in [4.78, 5) is 13.1. The van der Waals surface area contributed by atoms with Crippen molar-refractivity contribution in [3.05, 3.63) is 68.3 Å². The standard InChI is InChI=1S/C24H25BrClN5O4/c1-4-5-10-34-23(32)20-14(2)27-24-28-29-30-31(24)21(20)16-11-17(25)22(19(12-16)33-3)35-13-15-8-6-7-9-18(15)26/h6-9,11-12,21H,4-5,10,13H2,1-3H3,(H,27,28,30). The molecule has 0 aliphatic carbocycles. The number of fused-ring (bicyclic) bond motifs is 1. The molecule has 0 bridgehead atoms. The minimum absolute atomic E-state index is 0.256. The number of nitrogens with one attached hydrogen (secondary N) is 1. The highest BCUT2D eigenvalue weighted by Gasteiger charge is 2.36. The quantitative estimate of drug-likeness (QED) is 0.277. The number of halogens is 2. The predicted molar refractivity (Wildman–Crippen MR) is 135 cm³/mol. The number of rotatable bonds is 9. The van der Waals surface area contributed by atoms with Crippen LogP contribution in [0.1, 0.15) is 43.9 Å². The molecule has 0 amide bonds. The van der Waals surface area contributed by atoms with Gasteiger partial charge in [0.15, 0.2) is 11.5 Å². The predicted octanol–water partition coefficient (Wildman–Crippen LogP) is 5.31. The molecule has 4 rings (SSSR count). The number of esters is 1. The first-order valence-electron chi connectivity index (χ1n) is 11.1. The highest BCUT2D eigenvalue weighted by Crippen LogP contribution is 2.43. The molecule has 3 aromatic rings. The summed E-state index contributed by atoms with van der Waals surface area (Å²) in [7, 11) is 1.56. The van der Waals surface area contributed by atoms with Gasteiger partial charge in [0.05, 0.1) is 23.8 Å². The fraction of sp³-hybridized carbons (Fsp3) is 0.333. The zero-order valence-corrected chi connectivity index (χ0v) is 21.9. The second-order valence-electron chi connectivity index (χ2n) is 7.92. The zero-order chi connectivity index (χ0) is 24.9. The zero-order valence-electron chi connectivity index (χ0n) is 19.5. The summed E-state index contributed by atoms with van der Waals surface area (Å²) in [5.74, 6) is 0.983. The highest BCUT2D eigenvalue weighted by atomic mass is 79.9. The topological polar surface area (TPSA) is 100 Å². The molecule has 9 nitrogen and oxygen atoms in total. The van der Waals surface area contributed by atoms with Gasteiger partial charge in [-0.15, -0.1) is 0 Å². The first kappa shape index (κ1) is 25.0. The average molecular weight is 563 g/mol. The molecule has 1 unspecified atom stereocenters. The summed E-state index contributed by atoms with van der Waals surface area (Å²) in [5, 5.41) is 15.6. The van der Waals surface area contributed by atoms with Crippen molar-refractivity contribution in [2.75, 3.05) is 19.0 Å². The number of anilines is 1. The van der Waals surface area contributed by atoms with Crippen molar-refractivity contribution in [1.29, 1.82) is 0 Å². The number of nitrogens with zero attached hydrogens (tertiary/aromatic N) is 4. The highest BCUT2D eigenvalue weighted by molar-refractivity contribution is 9.10. The first-order valence-corrected chi connectivity index (χ1v) is 12.3. The van der Waals surface area contributed by atoms with Gasteiger partial charge in [-0.25, -0.2) is 4.79 Å². The summed E-state index contributed by atoms with van der Waals surface area (Å²) in [6, 6.07) is 10.5. The number of methoxy groups -OCH3 is 1. The van der Waals surface area contributed by atoms with Gasteiger partial charge in [-0.3, -0.25) is 0 Å². The molecule has 2 heterocycles. The van der Waals surface area contributed by atoms with E-state index in [0.29, 0.717) is 44.8 Å². The van der Waals surface area contributed by atoms with E-state index in [1.807, 2.05) is 37.3 Å². The number of ether oxygens (including phenoxy) is 3. The van der Waals surface area contributed by atoms with Gasteiger partial charge in [0.1, 0.15) is 12.6 Å². The van der Waals surface area contributed by atoms with Crippen LogP contribution in [0.4, 0.5) is 5.95 Å². The van der Waals surface area contributed by atoms with Crippen molar-refractivity contribution in [2.45, 2.75) is 39.3 Å². The fourth-order valence-corrected chi connectivity index (χ4v) is 4.54. The molecule has 0 saturated carbocycles. The van der Waals surface area contributed by atoms with Crippen LogP contribution in [0.5, 0.6) is 11.5 Å². The van der Waals surface area contributed by atoms with Crippen LogP contribution in [0.2, 0.25) is 5.02 Å². The van der Waals surface area contributed by atoms with E-state index in [9.17, 15) is 4.79 Å². The lowest BCUT2D eigenvalue weighted by Crippen LogP contribution is -2.30. The molecular formula is C24H25BrClN5O4. The SMILES string of the molecule is CCCCOC(=O)C1=C(C)Nc2nnnn2C1c1cc(Br)c(OCc2ccccc2Cl)c(OC)c1. The van der Waals surface area contributed by atoms with E-state index in [1.165, 1.54) is 0 Å². The number of hydrogen-bond acceptors (Lipinski definition) is 8. The molecule has 1 aliphatic rings. The summed E-state index contributed by atoms with van der Waals surface area (Å²) in [6.45, 7) is 4.43. The Hall–Kier alpha value is -3.11. The monoisotopic (exact) mass is 561 g/mol. The van der Waals surface area contributed by atoms with Crippen LogP contribution in [0.3, 0.4) is 0 Å². The van der Waals surface area contributed by atoms with Gasteiger partial charge in [0, 0.05) is 16.3 Å². The fourth-order valence-electron chi connectivity index (χ4n) is 3.77. The molecule has 0 saturated heterocycles. The number of carbonyl (C=O) groups is 1. The Morgan fingerprint density at radius 1 is 1.29 bits per heavy atom. The molecule has 0 radical (unpaired) electrons. The maximum atomic E-state index is 13.1. The van der Waals surface area contributed by atoms with Crippen molar-refractivity contribution >= 4 is 39.4 Å². The number of carbonyl (C=O) groups excluding carboxylic acids is 1. The van der Waals surface area contributed by atoms with Crippen molar-refractivity contribution in [1.82, 2.24) is 20.2 Å². The smallest absolute Gasteiger partial charge is 0.338 e. The summed E-state index contributed by atoms with van der Waals surface area (Å²) in [5.41, 5.74) is 2.60. The normalized spacial score (nSPS) is 14.8. The molecular weight excluding hydrogens is 538 g/mol. The third-order valence-electron chi connectivity index (χ3n) is 5.56. The molecule has 1 atom stereocenters. The Kier molecular flexibility index (Phi) is 7.92. The van der Waals surface area contributed by atoms with E-state index in [1.54, 1.807) is 24.8 Å². The number of unbranched alkanes of at least 4 members (excludes halogenated alkanes) is 1. The van der Waals surface area contributed by atoms with Gasteiger partial charge in [-0.1, -0.05) is 48.2 Å². The van der Waals surface area contributed by atoms with Crippen LogP contribution in [0.25, 0.3) is 0 Å². The molecule has 184 valence electrons. The van der Waals surface area contributed by atoms with Crippen LogP contribution < -0.4 is 14.8 Å². The summed E-state index contributed by atoms with van der Waals surface area (Å²) in [6.07, 6.45) is 1.70. The van der Waals surface area contributed by atoms with Gasteiger partial charge in [-0.05, 0) is 63.5 Å². The molecule has 1 aliphatic heterocycles. The molecule has 35 heavy (non-hydrogen) atoms. The maximum Gasteiger partial charge on any atom is 0.338 e. The largest absolute Gasteiger partial charge is 0.493 e. The molecule has 2 aromatic carbocycles. The van der Waals surface area contributed by atoms with Crippen LogP contribution in [0.15, 0.2) is 52.1 Å². The third kappa shape index (κ3) is 5.28. The molecule has 11 heteroatoms. The Morgan fingerprint density at radius 2 is 2.09 bits per heavy atom. The second kappa shape index (κ2) is 11.1. The van der Waals surface area contributed by atoms with E-state index < -0.39 is 12.0 Å². The minimum Gasteiger partial charge on any atom is -0.493 e. The van der Waals surface area contributed by atoms with E-state index in [0.717, 1.165) is 24.0 Å². The molecule has 0 spiro atoms. The molecule has 1 N–H and O–H groups in total. The van der Waals surface area contributed by atoms with Crippen molar-refractivity contribution < 1.29 is 19.0 Å². The van der Waals surface area contributed by atoms with Crippen molar-refractivity contribution in [2.24, 2.45) is 0 Å². The van der Waals surface area contributed by atoms with Crippen LogP contribution in [0, 0.1) is 0 Å². The Balaban J connectivity index is 1.70. The van der Waals surface area contributed by atoms with E-state index in [2.05, 4.69) is 36.8 Å². The number of allylic oxidation sites excluding steroid dienone is 1. The maximum absolute atomic E-state index is 13.1. The van der Waals surface area contributed by atoms with Gasteiger partial charge in [0.25, 0.3) is 0 Å². The summed E-state index contributed by atoms with van der Waals surface area (Å²) >= 11 is 9.88. The Morgan fingerprint density at radius 3 is 2.83 bits per heavy atom. The van der Waals surface area contributed by atoms with Crippen molar-refractivity contribution in [3.63, 3.8) is 0 Å². The number of tetrazole rings is 1. The lowest BCUT2D eigenvalue weighted by molar-refractivity contribution is -0.139. The van der Waals surface area contributed by atoms with E-state index in [-0.39, 0.29) is 6.61 Å². The van der Waals surface area contributed by atoms with Crippen molar-refractivity contribution in [3.8, 4) is 11.5 Å². The van der Waals surface area contributed by atoms with Gasteiger partial charge in [0.2, 0.25) is 5.95 Å². The summed E-state index contributed by atoms with van der Waals surface area (Å²) < 4.78 is 19.5. The van der Waals surface area contributed by atoms with Gasteiger partial charge < -0.3 is 19.5 Å². The molecule has 0 fully saturated rings. The Labute approximate surface area is 216 Å². The van der Waals surface area contributed by atoms with E-state index >= 15 is 0 Å². The van der Waals surface area contributed by atoms with E-state index in [4.69, 9.17) is 25.8 Å². The van der Waals surface area contributed by atoms with Gasteiger partial charge >= 0.3 is 5.97 Å². The lowest BCUT2D eigenvalue weighted by atomic mass is 9.95. The van der Waals surface area contributed by atoms with Crippen LogP contribution in [-0.4, -0.2) is 39.9 Å². The lowest BCUT2D eigenvalue weighted by Gasteiger charge is -2.28.